The van der Waals surface area contributed by atoms with E-state index in [1.807, 2.05) is 6.92 Å². The number of carbonyl (C=O) groups excluding carboxylic acids is 1. The van der Waals surface area contributed by atoms with Crippen molar-refractivity contribution in [1.29, 1.82) is 0 Å². The van der Waals surface area contributed by atoms with Crippen molar-refractivity contribution in [3.8, 4) is 0 Å². The fourth-order valence-corrected chi connectivity index (χ4v) is 1.18. The summed E-state index contributed by atoms with van der Waals surface area (Å²) >= 11 is 0. The zero-order chi connectivity index (χ0) is 9.84. The van der Waals surface area contributed by atoms with Crippen molar-refractivity contribution in [3.63, 3.8) is 0 Å². The maximum atomic E-state index is 11.4. The summed E-state index contributed by atoms with van der Waals surface area (Å²) in [5, 5.41) is 5.85. The molecule has 1 fully saturated rings. The standard InChI is InChI=1S/C9H18N2O2/c1-4-7(8-5-13-8)11-9(12)6(2)10-3/h6-8,10H,4-5H2,1-3H3,(H,11,12)/t6?,7?,8-/m0/s1. The number of carbonyl (C=O) groups is 1. The van der Waals surface area contributed by atoms with E-state index in [4.69, 9.17) is 4.74 Å². The van der Waals surface area contributed by atoms with Crippen molar-refractivity contribution < 1.29 is 9.53 Å². The molecule has 4 heteroatoms. The highest BCUT2D eigenvalue weighted by Gasteiger charge is 2.32. The zero-order valence-electron chi connectivity index (χ0n) is 8.46. The highest BCUT2D eigenvalue weighted by Crippen LogP contribution is 2.16. The van der Waals surface area contributed by atoms with Crippen molar-refractivity contribution >= 4 is 5.91 Å². The molecule has 1 amide bonds. The molecule has 3 atom stereocenters. The molecule has 0 radical (unpaired) electrons. The Hall–Kier alpha value is -0.610. The molecule has 0 aliphatic carbocycles. The van der Waals surface area contributed by atoms with E-state index in [-0.39, 0.29) is 24.1 Å². The molecule has 0 aromatic rings. The van der Waals surface area contributed by atoms with Crippen LogP contribution >= 0.6 is 0 Å². The van der Waals surface area contributed by atoms with Crippen LogP contribution in [0.5, 0.6) is 0 Å². The van der Waals surface area contributed by atoms with E-state index in [2.05, 4.69) is 17.6 Å². The fraction of sp³-hybridized carbons (Fsp3) is 0.889. The van der Waals surface area contributed by atoms with E-state index < -0.39 is 0 Å². The Morgan fingerprint density at radius 3 is 2.69 bits per heavy atom. The average molecular weight is 186 g/mol. The first-order valence-electron chi connectivity index (χ1n) is 4.78. The monoisotopic (exact) mass is 186 g/mol. The van der Waals surface area contributed by atoms with E-state index in [1.165, 1.54) is 0 Å². The maximum absolute atomic E-state index is 11.4. The minimum absolute atomic E-state index is 0.0462. The lowest BCUT2D eigenvalue weighted by molar-refractivity contribution is -0.123. The number of amides is 1. The molecule has 1 aliphatic rings. The van der Waals surface area contributed by atoms with Crippen LogP contribution in [0.1, 0.15) is 20.3 Å². The van der Waals surface area contributed by atoms with E-state index in [0.29, 0.717) is 0 Å². The molecule has 1 rings (SSSR count). The zero-order valence-corrected chi connectivity index (χ0v) is 8.46. The Balaban J connectivity index is 2.31. The van der Waals surface area contributed by atoms with Crippen LogP contribution in [0.2, 0.25) is 0 Å². The second-order valence-electron chi connectivity index (χ2n) is 3.41. The predicted molar refractivity (Wildman–Crippen MR) is 50.5 cm³/mol. The van der Waals surface area contributed by atoms with Gasteiger partial charge in [0, 0.05) is 0 Å². The largest absolute Gasteiger partial charge is 0.371 e. The molecule has 1 saturated heterocycles. The number of ether oxygens (including phenoxy) is 1. The molecule has 0 bridgehead atoms. The summed E-state index contributed by atoms with van der Waals surface area (Å²) in [6, 6.07) is 0.0519. The van der Waals surface area contributed by atoms with Crippen molar-refractivity contribution in [2.24, 2.45) is 0 Å². The smallest absolute Gasteiger partial charge is 0.237 e. The predicted octanol–water partition coefficient (Wildman–Crippen LogP) is -0.112. The van der Waals surface area contributed by atoms with Gasteiger partial charge in [-0.05, 0) is 20.4 Å². The highest BCUT2D eigenvalue weighted by atomic mass is 16.6. The van der Waals surface area contributed by atoms with Crippen LogP contribution in [0, 0.1) is 0 Å². The second-order valence-corrected chi connectivity index (χ2v) is 3.41. The van der Waals surface area contributed by atoms with Crippen LogP contribution in [-0.4, -0.2) is 37.7 Å². The molecule has 0 aromatic heterocycles. The Kier molecular flexibility index (Phi) is 3.69. The number of hydrogen-bond acceptors (Lipinski definition) is 3. The van der Waals surface area contributed by atoms with Crippen LogP contribution in [-0.2, 0) is 9.53 Å². The normalized spacial score (nSPS) is 25.0. The number of epoxide rings is 1. The third-order valence-electron chi connectivity index (χ3n) is 2.40. The quantitative estimate of drug-likeness (QED) is 0.589. The van der Waals surface area contributed by atoms with Crippen molar-refractivity contribution in [3.05, 3.63) is 0 Å². The van der Waals surface area contributed by atoms with E-state index in [9.17, 15) is 4.79 Å². The van der Waals surface area contributed by atoms with Crippen molar-refractivity contribution in [1.82, 2.24) is 10.6 Å². The number of nitrogens with one attached hydrogen (secondary N) is 2. The van der Waals surface area contributed by atoms with Crippen LogP contribution in [0.15, 0.2) is 0 Å². The molecule has 2 N–H and O–H groups in total. The second kappa shape index (κ2) is 4.58. The Labute approximate surface area is 79.0 Å². The minimum Gasteiger partial charge on any atom is -0.371 e. The third-order valence-corrected chi connectivity index (χ3v) is 2.40. The Bertz CT molecular complexity index is 180. The first kappa shape index (κ1) is 10.5. The summed E-state index contributed by atoms with van der Waals surface area (Å²) in [6.07, 6.45) is 1.17. The lowest BCUT2D eigenvalue weighted by Crippen LogP contribution is -2.46. The molecule has 0 saturated carbocycles. The Morgan fingerprint density at radius 2 is 2.31 bits per heavy atom. The summed E-state index contributed by atoms with van der Waals surface area (Å²) in [5.74, 6) is 0.0462. The molecule has 13 heavy (non-hydrogen) atoms. The molecule has 0 spiro atoms. The molecule has 1 aliphatic heterocycles. The van der Waals surface area contributed by atoms with Gasteiger partial charge in [0.2, 0.25) is 5.91 Å². The number of hydrogen-bond donors (Lipinski definition) is 2. The number of rotatable bonds is 5. The van der Waals surface area contributed by atoms with Crippen molar-refractivity contribution in [2.75, 3.05) is 13.7 Å². The molecule has 4 nitrogen and oxygen atoms in total. The summed E-state index contributed by atoms with van der Waals surface area (Å²) in [7, 11) is 1.78. The molecule has 76 valence electrons. The van der Waals surface area contributed by atoms with Gasteiger partial charge in [-0.1, -0.05) is 6.92 Å². The summed E-state index contributed by atoms with van der Waals surface area (Å²) in [4.78, 5) is 11.4. The molecule has 2 unspecified atom stereocenters. The van der Waals surface area contributed by atoms with E-state index >= 15 is 0 Å². The van der Waals surface area contributed by atoms with E-state index in [1.54, 1.807) is 7.05 Å². The van der Waals surface area contributed by atoms with Gasteiger partial charge in [-0.3, -0.25) is 4.79 Å². The number of likely N-dealkylation sites (N-methyl/N-ethyl adjacent to an activating group) is 1. The molecule has 0 aromatic carbocycles. The SMILES string of the molecule is CCC(NC(=O)C(C)NC)[C@@H]1CO1. The van der Waals surface area contributed by atoms with Crippen LogP contribution < -0.4 is 10.6 Å². The fourth-order valence-electron chi connectivity index (χ4n) is 1.18. The van der Waals surface area contributed by atoms with Crippen LogP contribution in [0.4, 0.5) is 0 Å². The molecular weight excluding hydrogens is 168 g/mol. The van der Waals surface area contributed by atoms with Gasteiger partial charge in [0.1, 0.15) is 6.10 Å². The first-order chi connectivity index (χ1) is 6.19. The van der Waals surface area contributed by atoms with Gasteiger partial charge in [-0.15, -0.1) is 0 Å². The summed E-state index contributed by atoms with van der Waals surface area (Å²) in [5.41, 5.74) is 0. The maximum Gasteiger partial charge on any atom is 0.237 e. The van der Waals surface area contributed by atoms with Gasteiger partial charge >= 0.3 is 0 Å². The van der Waals surface area contributed by atoms with Gasteiger partial charge in [0.25, 0.3) is 0 Å². The van der Waals surface area contributed by atoms with Crippen molar-refractivity contribution in [2.45, 2.75) is 38.5 Å². The third kappa shape index (κ3) is 2.97. The molecule has 1 heterocycles. The average Bonchev–Trinajstić information content (AvgIpc) is 2.95. The first-order valence-corrected chi connectivity index (χ1v) is 4.78. The van der Waals surface area contributed by atoms with Gasteiger partial charge in [-0.25, -0.2) is 0 Å². The lowest BCUT2D eigenvalue weighted by Gasteiger charge is -2.17. The van der Waals surface area contributed by atoms with Crippen LogP contribution in [0.3, 0.4) is 0 Å². The summed E-state index contributed by atoms with van der Waals surface area (Å²) in [6.45, 7) is 4.68. The topological polar surface area (TPSA) is 53.7 Å². The van der Waals surface area contributed by atoms with Gasteiger partial charge in [0.15, 0.2) is 0 Å². The van der Waals surface area contributed by atoms with E-state index in [0.717, 1.165) is 13.0 Å². The highest BCUT2D eigenvalue weighted by molar-refractivity contribution is 5.81. The summed E-state index contributed by atoms with van der Waals surface area (Å²) < 4.78 is 5.14. The van der Waals surface area contributed by atoms with Gasteiger partial charge in [-0.2, -0.15) is 0 Å². The van der Waals surface area contributed by atoms with Gasteiger partial charge < -0.3 is 15.4 Å². The molecular formula is C9H18N2O2. The van der Waals surface area contributed by atoms with Gasteiger partial charge in [0.05, 0.1) is 18.7 Å². The Morgan fingerprint density at radius 1 is 1.69 bits per heavy atom. The minimum atomic E-state index is -0.132. The van der Waals surface area contributed by atoms with Crippen LogP contribution in [0.25, 0.3) is 0 Å². The lowest BCUT2D eigenvalue weighted by atomic mass is 10.1.